The number of carbonyl (C=O) groups excluding carboxylic acids is 2. The van der Waals surface area contributed by atoms with Gasteiger partial charge in [0.05, 0.1) is 17.5 Å². The van der Waals surface area contributed by atoms with E-state index in [9.17, 15) is 14.7 Å². The van der Waals surface area contributed by atoms with Gasteiger partial charge in [-0.1, -0.05) is 12.1 Å². The van der Waals surface area contributed by atoms with Gasteiger partial charge in [-0.2, -0.15) is 0 Å². The zero-order chi connectivity index (χ0) is 16.2. The maximum atomic E-state index is 12.6. The van der Waals surface area contributed by atoms with E-state index in [0.717, 1.165) is 12.8 Å². The molecule has 5 nitrogen and oxygen atoms in total. The lowest BCUT2D eigenvalue weighted by atomic mass is 10.1. The zero-order valence-electron chi connectivity index (χ0n) is 12.6. The number of rotatable bonds is 4. The molecule has 1 atom stereocenters. The number of nitrogens with zero attached hydrogens (tertiary/aromatic N) is 1. The summed E-state index contributed by atoms with van der Waals surface area (Å²) >= 11 is 1.37. The van der Waals surface area contributed by atoms with Crippen LogP contribution in [-0.4, -0.2) is 41.0 Å². The molecule has 23 heavy (non-hydrogen) atoms. The van der Waals surface area contributed by atoms with Crippen LogP contribution in [0.3, 0.4) is 0 Å². The number of hydrogen-bond donors (Lipinski definition) is 2. The summed E-state index contributed by atoms with van der Waals surface area (Å²) in [6.45, 7) is 0.649. The molecule has 0 unspecified atom stereocenters. The van der Waals surface area contributed by atoms with Crippen molar-refractivity contribution in [3.05, 3.63) is 52.2 Å². The van der Waals surface area contributed by atoms with Crippen molar-refractivity contribution in [3.8, 4) is 0 Å². The van der Waals surface area contributed by atoms with Gasteiger partial charge in [-0.05, 0) is 42.5 Å². The smallest absolute Gasteiger partial charge is 0.265 e. The Labute approximate surface area is 138 Å². The van der Waals surface area contributed by atoms with Crippen molar-refractivity contribution in [1.82, 2.24) is 4.90 Å². The van der Waals surface area contributed by atoms with E-state index >= 15 is 0 Å². The van der Waals surface area contributed by atoms with Crippen LogP contribution in [0.4, 0.5) is 5.69 Å². The Bertz CT molecular complexity index is 700. The van der Waals surface area contributed by atoms with Gasteiger partial charge < -0.3 is 15.3 Å². The zero-order valence-corrected chi connectivity index (χ0v) is 13.4. The van der Waals surface area contributed by atoms with Crippen molar-refractivity contribution in [2.75, 3.05) is 18.5 Å². The molecule has 1 fully saturated rings. The number of amides is 2. The summed E-state index contributed by atoms with van der Waals surface area (Å²) in [6.07, 6.45) is 1.74. The predicted octanol–water partition coefficient (Wildman–Crippen LogP) is 2.60. The molecular formula is C17H18N2O3S. The molecule has 0 radical (unpaired) electrons. The minimum Gasteiger partial charge on any atom is -0.394 e. The normalized spacial score (nSPS) is 17.3. The van der Waals surface area contributed by atoms with Gasteiger partial charge in [0.15, 0.2) is 0 Å². The lowest BCUT2D eigenvalue weighted by Crippen LogP contribution is -2.37. The molecule has 120 valence electrons. The van der Waals surface area contributed by atoms with Crippen LogP contribution in [0, 0.1) is 0 Å². The second-order valence-electron chi connectivity index (χ2n) is 5.49. The first kappa shape index (κ1) is 15.7. The minimum atomic E-state index is -0.181. The maximum Gasteiger partial charge on any atom is 0.265 e. The average molecular weight is 330 g/mol. The Morgan fingerprint density at radius 3 is 2.91 bits per heavy atom. The maximum absolute atomic E-state index is 12.6. The van der Waals surface area contributed by atoms with Crippen molar-refractivity contribution >= 4 is 28.8 Å². The number of carbonyl (C=O) groups is 2. The van der Waals surface area contributed by atoms with Gasteiger partial charge >= 0.3 is 0 Å². The lowest BCUT2D eigenvalue weighted by molar-refractivity contribution is 0.0677. The fourth-order valence-corrected chi connectivity index (χ4v) is 3.41. The molecule has 0 bridgehead atoms. The first-order chi connectivity index (χ1) is 11.2. The molecule has 1 aliphatic heterocycles. The van der Waals surface area contributed by atoms with Crippen molar-refractivity contribution in [2.45, 2.75) is 18.9 Å². The summed E-state index contributed by atoms with van der Waals surface area (Å²) in [5.74, 6) is -0.284. The molecule has 2 amide bonds. The van der Waals surface area contributed by atoms with Gasteiger partial charge in [0.1, 0.15) is 0 Å². The second-order valence-corrected chi connectivity index (χ2v) is 6.44. The molecule has 3 rings (SSSR count). The van der Waals surface area contributed by atoms with Crippen LogP contribution in [0.2, 0.25) is 0 Å². The van der Waals surface area contributed by atoms with E-state index < -0.39 is 0 Å². The van der Waals surface area contributed by atoms with E-state index in [2.05, 4.69) is 5.32 Å². The second kappa shape index (κ2) is 6.93. The minimum absolute atomic E-state index is 0.0133. The number of thiophene rings is 1. The highest BCUT2D eigenvalue weighted by atomic mass is 32.1. The number of benzene rings is 1. The summed E-state index contributed by atoms with van der Waals surface area (Å²) in [7, 11) is 0. The van der Waals surface area contributed by atoms with Crippen molar-refractivity contribution in [1.29, 1.82) is 0 Å². The standard InChI is InChI=1S/C17H18N2O3S/c20-11-14-6-2-8-19(14)17(22)12-4-1-5-13(10-12)18-16(21)15-7-3-9-23-15/h1,3-5,7,9-10,14,20H,2,6,8,11H2,(H,18,21)/t14-/m1/s1. The highest BCUT2D eigenvalue weighted by Crippen LogP contribution is 2.21. The van der Waals surface area contributed by atoms with Gasteiger partial charge in [-0.3, -0.25) is 9.59 Å². The van der Waals surface area contributed by atoms with Crippen LogP contribution in [0.15, 0.2) is 41.8 Å². The number of likely N-dealkylation sites (tertiary alicyclic amines) is 1. The number of aliphatic hydroxyl groups excluding tert-OH is 1. The van der Waals surface area contributed by atoms with E-state index in [1.807, 2.05) is 11.4 Å². The summed E-state index contributed by atoms with van der Waals surface area (Å²) in [5, 5.41) is 14.0. The van der Waals surface area contributed by atoms with Gasteiger partial charge in [-0.15, -0.1) is 11.3 Å². The molecule has 1 aromatic heterocycles. The Balaban J connectivity index is 1.74. The molecule has 2 aromatic rings. The molecule has 1 aliphatic rings. The molecular weight excluding hydrogens is 312 g/mol. The fraction of sp³-hybridized carbons (Fsp3) is 0.294. The van der Waals surface area contributed by atoms with E-state index in [-0.39, 0.29) is 24.5 Å². The quantitative estimate of drug-likeness (QED) is 0.905. The molecule has 1 saturated heterocycles. The highest BCUT2D eigenvalue weighted by Gasteiger charge is 2.28. The SMILES string of the molecule is O=C(Nc1cccc(C(=O)N2CCC[C@@H]2CO)c1)c1cccs1. The summed E-state index contributed by atoms with van der Waals surface area (Å²) in [6, 6.07) is 10.4. The van der Waals surface area contributed by atoms with Crippen LogP contribution in [0.25, 0.3) is 0 Å². The Hall–Kier alpha value is -2.18. The number of nitrogens with one attached hydrogen (secondary N) is 1. The van der Waals surface area contributed by atoms with Crippen LogP contribution >= 0.6 is 11.3 Å². The molecule has 0 saturated carbocycles. The van der Waals surface area contributed by atoms with E-state index in [4.69, 9.17) is 0 Å². The molecule has 2 heterocycles. The van der Waals surface area contributed by atoms with Crippen LogP contribution in [0.1, 0.15) is 32.9 Å². The Morgan fingerprint density at radius 1 is 1.30 bits per heavy atom. The molecule has 0 spiro atoms. The summed E-state index contributed by atoms with van der Waals surface area (Å²) in [5.41, 5.74) is 1.11. The largest absolute Gasteiger partial charge is 0.394 e. The van der Waals surface area contributed by atoms with Crippen molar-refractivity contribution in [3.63, 3.8) is 0 Å². The Morgan fingerprint density at radius 2 is 2.17 bits per heavy atom. The third kappa shape index (κ3) is 3.43. The van der Waals surface area contributed by atoms with Gasteiger partial charge in [-0.25, -0.2) is 0 Å². The van der Waals surface area contributed by atoms with E-state index in [1.54, 1.807) is 35.2 Å². The Kier molecular flexibility index (Phi) is 4.73. The summed E-state index contributed by atoms with van der Waals surface area (Å²) < 4.78 is 0. The summed E-state index contributed by atoms with van der Waals surface area (Å²) in [4.78, 5) is 27.0. The van der Waals surface area contributed by atoms with Crippen LogP contribution < -0.4 is 5.32 Å². The third-order valence-electron chi connectivity index (χ3n) is 3.96. The lowest BCUT2D eigenvalue weighted by Gasteiger charge is -2.23. The third-order valence-corrected chi connectivity index (χ3v) is 4.83. The van der Waals surface area contributed by atoms with Crippen LogP contribution in [-0.2, 0) is 0 Å². The van der Waals surface area contributed by atoms with E-state index in [1.165, 1.54) is 11.3 Å². The first-order valence-corrected chi connectivity index (χ1v) is 8.44. The number of anilines is 1. The highest BCUT2D eigenvalue weighted by molar-refractivity contribution is 7.12. The number of aliphatic hydroxyl groups is 1. The fourth-order valence-electron chi connectivity index (χ4n) is 2.79. The van der Waals surface area contributed by atoms with Gasteiger partial charge in [0.2, 0.25) is 0 Å². The van der Waals surface area contributed by atoms with Crippen LogP contribution in [0.5, 0.6) is 0 Å². The monoisotopic (exact) mass is 330 g/mol. The molecule has 6 heteroatoms. The average Bonchev–Trinajstić information content (AvgIpc) is 3.25. The molecule has 2 N–H and O–H groups in total. The van der Waals surface area contributed by atoms with Gasteiger partial charge in [0.25, 0.3) is 11.8 Å². The van der Waals surface area contributed by atoms with Gasteiger partial charge in [0, 0.05) is 17.8 Å². The molecule has 0 aliphatic carbocycles. The number of hydrogen-bond acceptors (Lipinski definition) is 4. The predicted molar refractivity (Wildman–Crippen MR) is 89.9 cm³/mol. The topological polar surface area (TPSA) is 69.6 Å². The first-order valence-electron chi connectivity index (χ1n) is 7.56. The molecule has 1 aromatic carbocycles. The van der Waals surface area contributed by atoms with Crippen molar-refractivity contribution < 1.29 is 14.7 Å². The van der Waals surface area contributed by atoms with Crippen molar-refractivity contribution in [2.24, 2.45) is 0 Å². The van der Waals surface area contributed by atoms with E-state index in [0.29, 0.717) is 22.7 Å².